The summed E-state index contributed by atoms with van der Waals surface area (Å²) in [5.74, 6) is 4.84. The zero-order valence-corrected chi connectivity index (χ0v) is 14.3. The number of phenols is 1. The Balaban J connectivity index is 1.83. The van der Waals surface area contributed by atoms with Crippen molar-refractivity contribution in [3.63, 3.8) is 0 Å². The van der Waals surface area contributed by atoms with Crippen LogP contribution in [0.25, 0.3) is 0 Å². The number of hydrogen-bond donors (Lipinski definition) is 2. The van der Waals surface area contributed by atoms with Crippen LogP contribution in [0.2, 0.25) is 0 Å². The maximum Gasteiger partial charge on any atom is 0.115 e. The van der Waals surface area contributed by atoms with Crippen LogP contribution in [0.3, 0.4) is 0 Å². The average molecular weight is 322 g/mol. The molecule has 0 aliphatic heterocycles. The van der Waals surface area contributed by atoms with Gasteiger partial charge in [-0.15, -0.1) is 6.42 Å². The molecule has 2 N–H and O–H groups in total. The molecule has 0 spiro atoms. The van der Waals surface area contributed by atoms with Crippen molar-refractivity contribution in [2.24, 2.45) is 23.2 Å². The van der Waals surface area contributed by atoms with Gasteiger partial charge in [0, 0.05) is 0 Å². The fraction of sp³-hybridized carbons (Fsp3) is 0.545. The molecule has 0 unspecified atom stereocenters. The van der Waals surface area contributed by atoms with Gasteiger partial charge in [-0.05, 0) is 90.0 Å². The predicted molar refractivity (Wildman–Crippen MR) is 95.6 cm³/mol. The van der Waals surface area contributed by atoms with Gasteiger partial charge in [0.15, 0.2) is 0 Å². The van der Waals surface area contributed by atoms with Crippen LogP contribution >= 0.6 is 0 Å². The lowest BCUT2D eigenvalue weighted by Crippen LogP contribution is -2.48. The Hall–Kier alpha value is -1.72. The topological polar surface area (TPSA) is 40.5 Å². The predicted octanol–water partition coefficient (Wildman–Crippen LogP) is 4.02. The highest BCUT2D eigenvalue weighted by molar-refractivity contribution is 5.43. The molecular formula is C22H26O2. The minimum atomic E-state index is -0.224. The van der Waals surface area contributed by atoms with E-state index in [4.69, 9.17) is 6.42 Å². The molecule has 4 rings (SSSR count). The molecule has 2 heteroatoms. The molecule has 2 saturated carbocycles. The molecule has 3 aliphatic rings. The first kappa shape index (κ1) is 15.8. The molecule has 2 fully saturated rings. The minimum absolute atomic E-state index is 0.0416. The Bertz CT molecular complexity index is 728. The van der Waals surface area contributed by atoms with Crippen LogP contribution < -0.4 is 0 Å². The molecule has 1 aromatic rings. The number of rotatable bonds is 1. The van der Waals surface area contributed by atoms with Crippen molar-refractivity contribution >= 4 is 0 Å². The van der Waals surface area contributed by atoms with E-state index >= 15 is 0 Å². The van der Waals surface area contributed by atoms with Gasteiger partial charge in [0.1, 0.15) is 5.75 Å². The van der Waals surface area contributed by atoms with Gasteiger partial charge in [0.25, 0.3) is 0 Å². The third-order valence-electron chi connectivity index (χ3n) is 7.30. The monoisotopic (exact) mass is 322 g/mol. The molecular weight excluding hydrogens is 296 g/mol. The van der Waals surface area contributed by atoms with E-state index in [2.05, 4.69) is 25.5 Å². The van der Waals surface area contributed by atoms with Crippen molar-refractivity contribution in [2.45, 2.75) is 51.0 Å². The molecule has 0 radical (unpaired) electrons. The molecule has 0 bridgehead atoms. The van der Waals surface area contributed by atoms with Crippen molar-refractivity contribution in [2.75, 3.05) is 0 Å². The normalized spacial score (nSPS) is 40.1. The summed E-state index contributed by atoms with van der Waals surface area (Å²) in [5.41, 5.74) is 3.42. The number of hydrogen-bond acceptors (Lipinski definition) is 2. The van der Waals surface area contributed by atoms with Crippen LogP contribution in [0, 0.1) is 35.5 Å². The van der Waals surface area contributed by atoms with Crippen molar-refractivity contribution in [3.05, 3.63) is 41.5 Å². The van der Waals surface area contributed by atoms with Crippen molar-refractivity contribution in [1.29, 1.82) is 0 Å². The van der Waals surface area contributed by atoms with Crippen LogP contribution in [-0.4, -0.2) is 16.3 Å². The van der Waals surface area contributed by atoms with E-state index < -0.39 is 0 Å². The smallest absolute Gasteiger partial charge is 0.115 e. The largest absolute Gasteiger partial charge is 0.508 e. The molecule has 1 aromatic carbocycles. The van der Waals surface area contributed by atoms with Crippen molar-refractivity contribution in [3.8, 4) is 18.1 Å². The van der Waals surface area contributed by atoms with E-state index in [0.717, 1.165) is 37.7 Å². The summed E-state index contributed by atoms with van der Waals surface area (Å²) in [6.45, 7) is 6.44. The van der Waals surface area contributed by atoms with E-state index in [0.29, 0.717) is 23.5 Å². The van der Waals surface area contributed by atoms with Gasteiger partial charge in [-0.25, -0.2) is 0 Å². The molecule has 126 valence electrons. The molecule has 0 aromatic heterocycles. The second-order valence-electron chi connectivity index (χ2n) is 8.30. The number of aliphatic hydroxyl groups is 1. The van der Waals surface area contributed by atoms with E-state index in [1.807, 2.05) is 6.07 Å². The van der Waals surface area contributed by atoms with Crippen LogP contribution in [-0.2, 0) is 6.42 Å². The molecule has 3 aliphatic carbocycles. The van der Waals surface area contributed by atoms with E-state index in [9.17, 15) is 10.2 Å². The van der Waals surface area contributed by atoms with Gasteiger partial charge in [-0.2, -0.15) is 0 Å². The fourth-order valence-electron chi connectivity index (χ4n) is 6.12. The Morgan fingerprint density at radius 2 is 2.12 bits per heavy atom. The number of allylic oxidation sites excluding steroid dienone is 1. The number of fused-ring (bicyclic) bond motifs is 5. The molecule has 0 amide bonds. The summed E-state index contributed by atoms with van der Waals surface area (Å²) in [6, 6.07) is 5.80. The lowest BCUT2D eigenvalue weighted by atomic mass is 9.51. The minimum Gasteiger partial charge on any atom is -0.508 e. The lowest BCUT2D eigenvalue weighted by Gasteiger charge is -2.53. The Kier molecular flexibility index (Phi) is 3.55. The highest BCUT2D eigenvalue weighted by Gasteiger charge is 2.57. The molecule has 2 nitrogen and oxygen atoms in total. The average Bonchev–Trinajstić information content (AvgIpc) is 2.88. The molecule has 0 saturated heterocycles. The number of aromatic hydroxyl groups is 1. The van der Waals surface area contributed by atoms with E-state index in [1.54, 1.807) is 6.07 Å². The molecule has 0 heterocycles. The summed E-state index contributed by atoms with van der Waals surface area (Å²) in [4.78, 5) is 0. The Labute approximate surface area is 144 Å². The standard InChI is InChI=1S/C22H26O2/c1-4-13(2)18-12-22(3)19(9-10-20(22)24)17-7-5-14-11-15(23)6-8-16(14)21(17)18/h1,6,8,11,17-21,23-24H,2,5,7,9-10,12H2,3H3/t17-,18+,19-,20-,21+,22-/m0/s1. The summed E-state index contributed by atoms with van der Waals surface area (Å²) in [5, 5.41) is 20.5. The van der Waals surface area contributed by atoms with Gasteiger partial charge >= 0.3 is 0 Å². The van der Waals surface area contributed by atoms with Crippen molar-refractivity contribution < 1.29 is 10.2 Å². The maximum absolute atomic E-state index is 10.7. The third kappa shape index (κ3) is 2.07. The van der Waals surface area contributed by atoms with E-state index in [1.165, 1.54) is 11.1 Å². The second-order valence-corrected chi connectivity index (χ2v) is 8.30. The quantitative estimate of drug-likeness (QED) is 0.767. The van der Waals surface area contributed by atoms with E-state index in [-0.39, 0.29) is 17.4 Å². The van der Waals surface area contributed by atoms with Crippen LogP contribution in [0.1, 0.15) is 49.7 Å². The zero-order valence-electron chi connectivity index (χ0n) is 14.3. The first-order valence-electron chi connectivity index (χ1n) is 9.11. The van der Waals surface area contributed by atoms with Gasteiger partial charge in [0.2, 0.25) is 0 Å². The summed E-state index contributed by atoms with van der Waals surface area (Å²) >= 11 is 0. The SMILES string of the molecule is C#CC(=C)[C@H]1C[C@]2(C)[C@@H](O)CC[C@H]2[C@@H]2CCc3cc(O)ccc3[C@H]21. The Morgan fingerprint density at radius 3 is 2.88 bits per heavy atom. The fourth-order valence-corrected chi connectivity index (χ4v) is 6.12. The van der Waals surface area contributed by atoms with Crippen LogP contribution in [0.4, 0.5) is 0 Å². The first-order chi connectivity index (χ1) is 11.5. The molecule has 24 heavy (non-hydrogen) atoms. The summed E-state index contributed by atoms with van der Waals surface area (Å²) < 4.78 is 0. The summed E-state index contributed by atoms with van der Waals surface area (Å²) in [7, 11) is 0. The molecule has 6 atom stereocenters. The third-order valence-corrected chi connectivity index (χ3v) is 7.30. The Morgan fingerprint density at radius 1 is 1.33 bits per heavy atom. The number of phenolic OH excluding ortho intramolecular Hbond substituents is 1. The van der Waals surface area contributed by atoms with Gasteiger partial charge in [-0.3, -0.25) is 0 Å². The summed E-state index contributed by atoms with van der Waals surface area (Å²) in [6.07, 6.45) is 10.6. The highest BCUT2D eigenvalue weighted by Crippen LogP contribution is 2.63. The van der Waals surface area contributed by atoms with Gasteiger partial charge < -0.3 is 10.2 Å². The van der Waals surface area contributed by atoms with Gasteiger partial charge in [-0.1, -0.05) is 25.5 Å². The second kappa shape index (κ2) is 5.39. The van der Waals surface area contributed by atoms with Crippen LogP contribution in [0.5, 0.6) is 5.75 Å². The number of terminal acetylenes is 1. The van der Waals surface area contributed by atoms with Gasteiger partial charge in [0.05, 0.1) is 6.10 Å². The number of benzene rings is 1. The van der Waals surface area contributed by atoms with Crippen LogP contribution in [0.15, 0.2) is 30.4 Å². The maximum atomic E-state index is 10.7. The number of aryl methyl sites for hydroxylation is 1. The highest BCUT2D eigenvalue weighted by atomic mass is 16.3. The van der Waals surface area contributed by atoms with Crippen molar-refractivity contribution in [1.82, 2.24) is 0 Å². The lowest BCUT2D eigenvalue weighted by molar-refractivity contribution is -0.0397. The first-order valence-corrected chi connectivity index (χ1v) is 9.11. The number of aliphatic hydroxyl groups excluding tert-OH is 1. The zero-order chi connectivity index (χ0) is 17.1.